The average molecular weight is 306 g/mol. The molecule has 0 bridgehead atoms. The minimum atomic E-state index is -4.24. The minimum Gasteiger partial charge on any atom is -0.399 e. The Labute approximate surface area is 115 Å². The lowest BCUT2D eigenvalue weighted by Crippen LogP contribution is -2.41. The van der Waals surface area contributed by atoms with Crippen LogP contribution >= 0.6 is 11.3 Å². The van der Waals surface area contributed by atoms with Crippen molar-refractivity contribution in [2.45, 2.75) is 12.3 Å². The summed E-state index contributed by atoms with van der Waals surface area (Å²) in [4.78, 5) is 11.8. The van der Waals surface area contributed by atoms with Gasteiger partial charge in [-0.05, 0) is 29.7 Å². The molecule has 0 saturated carbocycles. The van der Waals surface area contributed by atoms with Crippen molar-refractivity contribution in [3.8, 4) is 0 Å². The highest BCUT2D eigenvalue weighted by Gasteiger charge is 2.40. The molecule has 3 nitrogen and oxygen atoms in total. The van der Waals surface area contributed by atoms with Gasteiger partial charge in [-0.2, -0.15) is 8.78 Å². The molecule has 2 rings (SSSR count). The molecule has 0 aliphatic carbocycles. The third-order valence-electron chi connectivity index (χ3n) is 2.57. The van der Waals surface area contributed by atoms with Gasteiger partial charge in [0.05, 0.1) is 11.4 Å². The van der Waals surface area contributed by atoms with E-state index in [-0.39, 0.29) is 4.88 Å². The van der Waals surface area contributed by atoms with E-state index >= 15 is 0 Å². The van der Waals surface area contributed by atoms with Gasteiger partial charge in [-0.15, -0.1) is 11.3 Å². The number of rotatable bonds is 4. The fourth-order valence-electron chi connectivity index (χ4n) is 1.54. The molecular formula is C12H10F4N2OS. The molecule has 0 fully saturated rings. The van der Waals surface area contributed by atoms with Crippen LogP contribution in [0.3, 0.4) is 0 Å². The average Bonchev–Trinajstić information content (AvgIpc) is 2.78. The topological polar surface area (TPSA) is 55.1 Å². The number of carbonyl (C=O) groups excluding carboxylic acids is 1. The lowest BCUT2D eigenvalue weighted by Gasteiger charge is -2.15. The SMILES string of the molecule is Nc1ccc2sc(C(=O)NCC(F)(F)C(F)F)cc2c1. The first kappa shape index (κ1) is 14.6. The van der Waals surface area contributed by atoms with Crippen molar-refractivity contribution >= 4 is 33.0 Å². The quantitative estimate of drug-likeness (QED) is 0.673. The van der Waals surface area contributed by atoms with Gasteiger partial charge in [-0.3, -0.25) is 4.79 Å². The molecule has 0 aliphatic heterocycles. The van der Waals surface area contributed by atoms with Gasteiger partial charge in [0.15, 0.2) is 0 Å². The summed E-state index contributed by atoms with van der Waals surface area (Å²) >= 11 is 1.07. The number of amides is 1. The molecule has 1 heterocycles. The van der Waals surface area contributed by atoms with Gasteiger partial charge >= 0.3 is 12.3 Å². The van der Waals surface area contributed by atoms with Crippen LogP contribution in [0.25, 0.3) is 10.1 Å². The number of benzene rings is 1. The van der Waals surface area contributed by atoms with Crippen LogP contribution in [-0.4, -0.2) is 24.8 Å². The predicted octanol–water partition coefficient (Wildman–Crippen LogP) is 3.11. The lowest BCUT2D eigenvalue weighted by molar-refractivity contribution is -0.123. The number of hydrogen-bond acceptors (Lipinski definition) is 3. The minimum absolute atomic E-state index is 0.163. The van der Waals surface area contributed by atoms with E-state index in [1.54, 1.807) is 23.5 Å². The molecule has 0 aliphatic rings. The maximum absolute atomic E-state index is 12.7. The maximum atomic E-state index is 12.7. The predicted molar refractivity (Wildman–Crippen MR) is 69.5 cm³/mol. The zero-order valence-electron chi connectivity index (χ0n) is 10.00. The Morgan fingerprint density at radius 3 is 2.70 bits per heavy atom. The largest absolute Gasteiger partial charge is 0.399 e. The Morgan fingerprint density at radius 2 is 2.05 bits per heavy atom. The number of fused-ring (bicyclic) bond motifs is 1. The first-order valence-corrected chi connectivity index (χ1v) is 6.34. The van der Waals surface area contributed by atoms with Crippen LogP contribution in [0.15, 0.2) is 24.3 Å². The number of nitrogens with one attached hydrogen (secondary N) is 1. The Hall–Kier alpha value is -1.83. The monoisotopic (exact) mass is 306 g/mol. The summed E-state index contributed by atoms with van der Waals surface area (Å²) < 4.78 is 50.1. The van der Waals surface area contributed by atoms with Crippen molar-refractivity contribution in [2.24, 2.45) is 0 Å². The second-order valence-corrected chi connectivity index (χ2v) is 5.24. The van der Waals surface area contributed by atoms with E-state index in [1.165, 1.54) is 6.07 Å². The summed E-state index contributed by atoms with van der Waals surface area (Å²) in [5, 5.41) is 2.50. The zero-order valence-corrected chi connectivity index (χ0v) is 10.8. The Kier molecular flexibility index (Phi) is 3.85. The molecule has 20 heavy (non-hydrogen) atoms. The van der Waals surface area contributed by atoms with E-state index in [1.807, 2.05) is 0 Å². The molecule has 0 spiro atoms. The van der Waals surface area contributed by atoms with Gasteiger partial charge in [0.1, 0.15) is 0 Å². The highest BCUT2D eigenvalue weighted by Crippen LogP contribution is 2.27. The van der Waals surface area contributed by atoms with Crippen molar-refractivity contribution < 1.29 is 22.4 Å². The summed E-state index contributed by atoms with van der Waals surface area (Å²) in [6.07, 6.45) is -3.81. The summed E-state index contributed by atoms with van der Waals surface area (Å²) in [6, 6.07) is 6.45. The van der Waals surface area contributed by atoms with Gasteiger partial charge in [0, 0.05) is 10.4 Å². The first-order valence-electron chi connectivity index (χ1n) is 5.53. The number of anilines is 1. The number of nitrogen functional groups attached to an aromatic ring is 1. The molecular weight excluding hydrogens is 296 g/mol. The zero-order chi connectivity index (χ0) is 14.9. The molecule has 2 aromatic rings. The molecule has 1 amide bonds. The summed E-state index contributed by atoms with van der Waals surface area (Å²) in [6.45, 7) is -1.40. The van der Waals surface area contributed by atoms with Crippen LogP contribution in [0.5, 0.6) is 0 Å². The van der Waals surface area contributed by atoms with E-state index in [0.29, 0.717) is 11.1 Å². The van der Waals surface area contributed by atoms with Crippen molar-refractivity contribution in [2.75, 3.05) is 12.3 Å². The molecule has 0 radical (unpaired) electrons. The molecule has 108 valence electrons. The fraction of sp³-hybridized carbons (Fsp3) is 0.250. The Bertz CT molecular complexity index is 641. The molecule has 3 N–H and O–H groups in total. The lowest BCUT2D eigenvalue weighted by atomic mass is 10.2. The van der Waals surface area contributed by atoms with Gasteiger partial charge < -0.3 is 11.1 Å². The molecule has 0 unspecified atom stereocenters. The van der Waals surface area contributed by atoms with Crippen molar-refractivity contribution in [3.63, 3.8) is 0 Å². The number of carbonyl (C=O) groups is 1. The first-order chi connectivity index (χ1) is 9.29. The second-order valence-electron chi connectivity index (χ2n) is 4.15. The van der Waals surface area contributed by atoms with E-state index < -0.39 is 24.8 Å². The van der Waals surface area contributed by atoms with Crippen LogP contribution in [-0.2, 0) is 0 Å². The van der Waals surface area contributed by atoms with Crippen LogP contribution in [0.1, 0.15) is 9.67 Å². The molecule has 0 saturated heterocycles. The van der Waals surface area contributed by atoms with E-state index in [9.17, 15) is 22.4 Å². The maximum Gasteiger partial charge on any atom is 0.324 e. The van der Waals surface area contributed by atoms with Crippen LogP contribution < -0.4 is 11.1 Å². The van der Waals surface area contributed by atoms with Crippen molar-refractivity contribution in [3.05, 3.63) is 29.1 Å². The smallest absolute Gasteiger partial charge is 0.324 e. The van der Waals surface area contributed by atoms with Crippen LogP contribution in [0, 0.1) is 0 Å². The second kappa shape index (κ2) is 5.28. The van der Waals surface area contributed by atoms with Gasteiger partial charge in [-0.25, -0.2) is 8.78 Å². The normalized spacial score (nSPS) is 12.1. The van der Waals surface area contributed by atoms with E-state index in [0.717, 1.165) is 16.0 Å². The Balaban J connectivity index is 2.12. The number of alkyl halides is 4. The molecule has 1 aromatic carbocycles. The summed E-state index contributed by atoms with van der Waals surface area (Å²) in [7, 11) is 0. The number of hydrogen-bond donors (Lipinski definition) is 2. The highest BCUT2D eigenvalue weighted by molar-refractivity contribution is 7.20. The number of halogens is 4. The fourth-order valence-corrected chi connectivity index (χ4v) is 2.50. The molecule has 8 heteroatoms. The number of nitrogens with two attached hydrogens (primary N) is 1. The van der Waals surface area contributed by atoms with E-state index in [2.05, 4.69) is 0 Å². The van der Waals surface area contributed by atoms with Gasteiger partial charge in [0.25, 0.3) is 5.91 Å². The van der Waals surface area contributed by atoms with Crippen LogP contribution in [0.4, 0.5) is 23.2 Å². The van der Waals surface area contributed by atoms with Crippen LogP contribution in [0.2, 0.25) is 0 Å². The standard InChI is InChI=1S/C12H10F4N2OS/c13-11(14)12(15,16)5-18-10(19)9-4-6-3-7(17)1-2-8(6)20-9/h1-4,11H,5,17H2,(H,18,19). The molecule has 1 aromatic heterocycles. The summed E-state index contributed by atoms with van der Waals surface area (Å²) in [5.41, 5.74) is 6.09. The van der Waals surface area contributed by atoms with Crippen molar-refractivity contribution in [1.29, 1.82) is 0 Å². The summed E-state index contributed by atoms with van der Waals surface area (Å²) in [5.74, 6) is -5.05. The van der Waals surface area contributed by atoms with Crippen molar-refractivity contribution in [1.82, 2.24) is 5.32 Å². The molecule has 0 atom stereocenters. The Morgan fingerprint density at radius 1 is 1.35 bits per heavy atom. The van der Waals surface area contributed by atoms with E-state index in [4.69, 9.17) is 5.73 Å². The number of thiophene rings is 1. The van der Waals surface area contributed by atoms with Gasteiger partial charge in [-0.1, -0.05) is 0 Å². The van der Waals surface area contributed by atoms with Gasteiger partial charge in [0.2, 0.25) is 0 Å². The highest BCUT2D eigenvalue weighted by atomic mass is 32.1. The third kappa shape index (κ3) is 3.01. The third-order valence-corrected chi connectivity index (χ3v) is 3.68.